The van der Waals surface area contributed by atoms with Crippen molar-refractivity contribution in [1.82, 2.24) is 15.1 Å². The van der Waals surface area contributed by atoms with Gasteiger partial charge in [0.05, 0.1) is 18.6 Å². The van der Waals surface area contributed by atoms with Crippen LogP contribution in [0.15, 0.2) is 47.8 Å². The van der Waals surface area contributed by atoms with Crippen LogP contribution in [0.5, 0.6) is 5.75 Å². The van der Waals surface area contributed by atoms with Crippen molar-refractivity contribution in [2.45, 2.75) is 76.7 Å². The van der Waals surface area contributed by atoms with Gasteiger partial charge in [-0.05, 0) is 85.2 Å². The van der Waals surface area contributed by atoms with Gasteiger partial charge in [0, 0.05) is 37.4 Å². The van der Waals surface area contributed by atoms with Gasteiger partial charge in [0.2, 0.25) is 0 Å². The van der Waals surface area contributed by atoms with Gasteiger partial charge in [-0.3, -0.25) is 4.79 Å². The summed E-state index contributed by atoms with van der Waals surface area (Å²) in [5.41, 5.74) is 4.84. The highest BCUT2D eigenvalue weighted by atomic mass is 31.1. The Morgan fingerprint density at radius 2 is 1.88 bits per heavy atom. The lowest BCUT2D eigenvalue weighted by atomic mass is 9.95. The van der Waals surface area contributed by atoms with Gasteiger partial charge in [-0.15, -0.1) is 0 Å². The summed E-state index contributed by atoms with van der Waals surface area (Å²) in [7, 11) is 2.27. The number of carbonyl (C=O) groups is 1. The molecular formula is C28H38N3O2P. The minimum Gasteiger partial charge on any atom is -0.496 e. The van der Waals surface area contributed by atoms with Crippen molar-refractivity contribution in [3.63, 3.8) is 0 Å². The molecule has 1 aromatic carbocycles. The molecule has 1 saturated heterocycles. The molecule has 0 radical (unpaired) electrons. The van der Waals surface area contributed by atoms with E-state index in [0.717, 1.165) is 42.2 Å². The van der Waals surface area contributed by atoms with Gasteiger partial charge in [-0.25, -0.2) is 0 Å². The van der Waals surface area contributed by atoms with E-state index in [2.05, 4.69) is 61.5 Å². The molecular weight excluding hydrogens is 441 g/mol. The number of likely N-dealkylation sites (tertiary alicyclic amines) is 1. The fourth-order valence-corrected chi connectivity index (χ4v) is 6.76. The predicted octanol–water partition coefficient (Wildman–Crippen LogP) is 5.41. The highest BCUT2D eigenvalue weighted by Gasteiger charge is 2.34. The first-order chi connectivity index (χ1) is 16.5. The van der Waals surface area contributed by atoms with Crippen molar-refractivity contribution in [1.29, 1.82) is 0 Å². The second kappa shape index (κ2) is 9.87. The predicted molar refractivity (Wildman–Crippen MR) is 141 cm³/mol. The molecule has 5 nitrogen and oxygen atoms in total. The Morgan fingerprint density at radius 1 is 1.15 bits per heavy atom. The first-order valence-corrected chi connectivity index (χ1v) is 13.9. The summed E-state index contributed by atoms with van der Waals surface area (Å²) in [6.45, 7) is 8.73. The number of rotatable bonds is 7. The highest BCUT2D eigenvalue weighted by molar-refractivity contribution is 7.51. The number of nitrogens with one attached hydrogen (secondary N) is 1. The smallest absolute Gasteiger partial charge is 0.252 e. The Hall–Kier alpha value is -2.10. The van der Waals surface area contributed by atoms with Gasteiger partial charge in [0.25, 0.3) is 5.91 Å². The number of hydrogen-bond acceptors (Lipinski definition) is 4. The SMILES string of the molecule is CCC(C)c1cc(C2=CC(=O)N3C=C(N4CCC(NC5CC5)CC4)C=C(C)C3P2)ccc1OC. The van der Waals surface area contributed by atoms with Crippen LogP contribution in [0.4, 0.5) is 0 Å². The van der Waals surface area contributed by atoms with Crippen LogP contribution >= 0.6 is 8.58 Å². The molecule has 5 rings (SSSR count). The molecule has 1 amide bonds. The molecule has 1 aliphatic carbocycles. The number of benzene rings is 1. The van der Waals surface area contributed by atoms with E-state index in [1.807, 2.05) is 11.0 Å². The van der Waals surface area contributed by atoms with Crippen LogP contribution in [0.25, 0.3) is 5.31 Å². The van der Waals surface area contributed by atoms with Crippen LogP contribution in [0, 0.1) is 0 Å². The molecule has 34 heavy (non-hydrogen) atoms. The van der Waals surface area contributed by atoms with E-state index in [-0.39, 0.29) is 11.7 Å². The van der Waals surface area contributed by atoms with Crippen LogP contribution in [-0.2, 0) is 4.79 Å². The lowest BCUT2D eigenvalue weighted by Gasteiger charge is -2.41. The quantitative estimate of drug-likeness (QED) is 0.531. The first-order valence-electron chi connectivity index (χ1n) is 12.9. The summed E-state index contributed by atoms with van der Waals surface area (Å²) in [5, 5.41) is 4.93. The average molecular weight is 480 g/mol. The van der Waals surface area contributed by atoms with Gasteiger partial charge in [0.15, 0.2) is 0 Å². The maximum absolute atomic E-state index is 13.3. The molecule has 6 heteroatoms. The van der Waals surface area contributed by atoms with Crippen molar-refractivity contribution in [2.75, 3.05) is 20.2 Å². The maximum Gasteiger partial charge on any atom is 0.252 e. The van der Waals surface area contributed by atoms with Crippen molar-refractivity contribution in [3.05, 3.63) is 58.9 Å². The molecule has 3 heterocycles. The number of nitrogens with zero attached hydrogens (tertiary/aromatic N) is 2. The van der Waals surface area contributed by atoms with Crippen molar-refractivity contribution in [2.24, 2.45) is 0 Å². The molecule has 3 aliphatic heterocycles. The first kappa shape index (κ1) is 23.6. The van der Waals surface area contributed by atoms with Gasteiger partial charge >= 0.3 is 0 Å². The second-order valence-electron chi connectivity index (χ2n) is 10.3. The number of hydrogen-bond donors (Lipinski definition) is 1. The second-order valence-corrected chi connectivity index (χ2v) is 11.6. The normalized spacial score (nSPS) is 25.0. The summed E-state index contributed by atoms with van der Waals surface area (Å²) >= 11 is 0. The molecule has 1 aromatic rings. The van der Waals surface area contributed by atoms with Crippen molar-refractivity contribution < 1.29 is 9.53 Å². The summed E-state index contributed by atoms with van der Waals surface area (Å²) in [6.07, 6.45) is 12.4. The van der Waals surface area contributed by atoms with Gasteiger partial charge in [-0.2, -0.15) is 0 Å². The van der Waals surface area contributed by atoms with E-state index >= 15 is 0 Å². The van der Waals surface area contributed by atoms with Crippen LogP contribution in [-0.4, -0.2) is 53.8 Å². The fourth-order valence-electron chi connectivity index (χ4n) is 5.28. The van der Waals surface area contributed by atoms with E-state index < -0.39 is 0 Å². The molecule has 2 fully saturated rings. The summed E-state index contributed by atoms with van der Waals surface area (Å²) < 4.78 is 5.61. The molecule has 0 bridgehead atoms. The molecule has 4 aliphatic rings. The van der Waals surface area contributed by atoms with Crippen molar-refractivity contribution >= 4 is 19.8 Å². The average Bonchev–Trinajstić information content (AvgIpc) is 3.68. The molecule has 0 spiro atoms. The van der Waals surface area contributed by atoms with E-state index in [0.29, 0.717) is 20.5 Å². The summed E-state index contributed by atoms with van der Waals surface area (Å²) in [6, 6.07) is 7.82. The van der Waals surface area contributed by atoms with Gasteiger partial charge < -0.3 is 19.9 Å². The molecule has 3 atom stereocenters. The van der Waals surface area contributed by atoms with Crippen LogP contribution in [0.1, 0.15) is 69.9 Å². The zero-order chi connectivity index (χ0) is 23.8. The summed E-state index contributed by atoms with van der Waals surface area (Å²) in [5.74, 6) is 1.57. The topological polar surface area (TPSA) is 44.8 Å². The lowest BCUT2D eigenvalue weighted by molar-refractivity contribution is -0.124. The number of carbonyl (C=O) groups excluding carboxylic acids is 1. The zero-order valence-electron chi connectivity index (χ0n) is 20.9. The monoisotopic (exact) mass is 479 g/mol. The third-order valence-corrected chi connectivity index (χ3v) is 9.51. The molecule has 1 N–H and O–H groups in total. The Labute approximate surface area is 206 Å². The minimum absolute atomic E-state index is 0.0925. The molecule has 0 aromatic heterocycles. The largest absolute Gasteiger partial charge is 0.496 e. The Bertz CT molecular complexity index is 1030. The van der Waals surface area contributed by atoms with E-state index in [1.165, 1.54) is 42.5 Å². The number of fused-ring (bicyclic) bond motifs is 1. The van der Waals surface area contributed by atoms with Crippen LogP contribution in [0.3, 0.4) is 0 Å². The molecule has 182 valence electrons. The number of methoxy groups -OCH3 is 1. The zero-order valence-corrected chi connectivity index (χ0v) is 21.9. The molecule has 1 saturated carbocycles. The number of ether oxygens (including phenoxy) is 1. The Morgan fingerprint density at radius 3 is 2.56 bits per heavy atom. The van der Waals surface area contributed by atoms with Crippen molar-refractivity contribution in [3.8, 4) is 5.75 Å². The Kier molecular flexibility index (Phi) is 6.86. The lowest BCUT2D eigenvalue weighted by Crippen LogP contribution is -2.44. The van der Waals surface area contributed by atoms with Crippen LogP contribution in [0.2, 0.25) is 0 Å². The third kappa shape index (κ3) is 4.83. The number of piperidine rings is 1. The highest BCUT2D eigenvalue weighted by Crippen LogP contribution is 2.48. The maximum atomic E-state index is 13.3. The minimum atomic E-state index is 0.0925. The van der Waals surface area contributed by atoms with Gasteiger partial charge in [0.1, 0.15) is 5.75 Å². The molecule has 3 unspecified atom stereocenters. The fraction of sp³-hybridized carbons (Fsp3) is 0.536. The summed E-state index contributed by atoms with van der Waals surface area (Å²) in [4.78, 5) is 17.7. The van der Waals surface area contributed by atoms with E-state index in [9.17, 15) is 4.79 Å². The number of allylic oxidation sites excluding steroid dienone is 1. The Balaban J connectivity index is 1.33. The van der Waals surface area contributed by atoms with Gasteiger partial charge in [-0.1, -0.05) is 28.5 Å². The van der Waals surface area contributed by atoms with E-state index in [1.54, 1.807) is 7.11 Å². The standard InChI is InChI=1S/C28H38N3O2P/c1-5-18(2)24-15-20(6-9-25(24)33-4)26-16-27(32)31-17-23(14-19(3)28(31)34-26)30-12-10-22(11-13-30)29-21-7-8-21/h6,9,14-18,21-22,28-29,34H,5,7-8,10-13H2,1-4H3. The van der Waals surface area contributed by atoms with E-state index in [4.69, 9.17) is 4.74 Å². The number of amides is 1. The third-order valence-electron chi connectivity index (χ3n) is 7.76. The van der Waals surface area contributed by atoms with Crippen LogP contribution < -0.4 is 10.1 Å².